The SMILES string of the molecule is Cc1noc(C)c1[C@@H]1CCCN1C(=O)Nc1ccccc1C(F)(F)F. The minimum Gasteiger partial charge on any atom is -0.361 e. The third-order valence-corrected chi connectivity index (χ3v) is 4.41. The zero-order valence-electron chi connectivity index (χ0n) is 13.9. The number of urea groups is 1. The van der Waals surface area contributed by atoms with Gasteiger partial charge >= 0.3 is 12.2 Å². The molecule has 0 radical (unpaired) electrons. The van der Waals surface area contributed by atoms with Gasteiger partial charge in [-0.1, -0.05) is 17.3 Å². The van der Waals surface area contributed by atoms with E-state index in [1.54, 1.807) is 18.7 Å². The van der Waals surface area contributed by atoms with Gasteiger partial charge in [0, 0.05) is 12.1 Å². The summed E-state index contributed by atoms with van der Waals surface area (Å²) >= 11 is 0. The molecule has 1 atom stereocenters. The highest BCUT2D eigenvalue weighted by Crippen LogP contribution is 2.37. The van der Waals surface area contributed by atoms with Gasteiger partial charge < -0.3 is 14.7 Å². The standard InChI is InChI=1S/C17H18F3N3O2/c1-10-15(11(2)25-22-10)14-8-5-9-23(14)16(24)21-13-7-4-3-6-12(13)17(18,19)20/h3-4,6-7,14H,5,8-9H2,1-2H3,(H,21,24)/t14-/m0/s1. The summed E-state index contributed by atoms with van der Waals surface area (Å²) in [5, 5.41) is 6.31. The summed E-state index contributed by atoms with van der Waals surface area (Å²) in [6.07, 6.45) is -3.05. The monoisotopic (exact) mass is 353 g/mol. The van der Waals surface area contributed by atoms with Crippen molar-refractivity contribution in [2.24, 2.45) is 0 Å². The lowest BCUT2D eigenvalue weighted by atomic mass is 10.0. The molecule has 0 spiro atoms. The van der Waals surface area contributed by atoms with E-state index in [0.29, 0.717) is 18.0 Å². The van der Waals surface area contributed by atoms with Gasteiger partial charge in [-0.05, 0) is 38.8 Å². The van der Waals surface area contributed by atoms with Crippen molar-refractivity contribution in [3.63, 3.8) is 0 Å². The molecule has 134 valence electrons. The quantitative estimate of drug-likeness (QED) is 0.853. The number of amides is 2. The predicted molar refractivity (Wildman–Crippen MR) is 85.1 cm³/mol. The molecule has 2 aromatic rings. The molecule has 8 heteroatoms. The molecule has 25 heavy (non-hydrogen) atoms. The van der Waals surface area contributed by atoms with Crippen LogP contribution in [0.25, 0.3) is 0 Å². The summed E-state index contributed by atoms with van der Waals surface area (Å²) in [5.74, 6) is 0.623. The highest BCUT2D eigenvalue weighted by Gasteiger charge is 2.36. The molecule has 0 unspecified atom stereocenters. The molecule has 1 aromatic carbocycles. The van der Waals surface area contributed by atoms with Gasteiger partial charge in [-0.3, -0.25) is 0 Å². The number of rotatable bonds is 2. The maximum atomic E-state index is 13.1. The van der Waals surface area contributed by atoms with E-state index >= 15 is 0 Å². The van der Waals surface area contributed by atoms with Crippen molar-refractivity contribution in [1.29, 1.82) is 0 Å². The Morgan fingerprint density at radius 3 is 2.68 bits per heavy atom. The Hall–Kier alpha value is -2.51. The maximum absolute atomic E-state index is 13.1. The summed E-state index contributed by atoms with van der Waals surface area (Å²) < 4.78 is 44.4. The second-order valence-corrected chi connectivity index (χ2v) is 6.06. The Balaban J connectivity index is 1.85. The summed E-state index contributed by atoms with van der Waals surface area (Å²) in [4.78, 5) is 14.2. The van der Waals surface area contributed by atoms with Gasteiger partial charge in [-0.15, -0.1) is 0 Å². The number of anilines is 1. The summed E-state index contributed by atoms with van der Waals surface area (Å²) in [7, 11) is 0. The van der Waals surface area contributed by atoms with Crippen molar-refractivity contribution < 1.29 is 22.5 Å². The molecule has 2 heterocycles. The smallest absolute Gasteiger partial charge is 0.361 e. The van der Waals surface area contributed by atoms with Gasteiger partial charge in [0.2, 0.25) is 0 Å². The first kappa shape index (κ1) is 17.3. The molecule has 5 nitrogen and oxygen atoms in total. The number of carbonyl (C=O) groups is 1. The fourth-order valence-electron chi connectivity index (χ4n) is 3.30. The Morgan fingerprint density at radius 1 is 1.32 bits per heavy atom. The van der Waals surface area contributed by atoms with Crippen molar-refractivity contribution in [3.05, 3.63) is 46.8 Å². The molecule has 0 aliphatic carbocycles. The molecular formula is C17H18F3N3O2. The van der Waals surface area contributed by atoms with Gasteiger partial charge in [-0.2, -0.15) is 13.2 Å². The Bertz CT molecular complexity index is 766. The summed E-state index contributed by atoms with van der Waals surface area (Å²) in [6.45, 7) is 4.02. The molecule has 1 N–H and O–H groups in total. The molecule has 0 bridgehead atoms. The molecule has 0 saturated carbocycles. The third kappa shape index (κ3) is 3.33. The normalized spacial score (nSPS) is 17.8. The number of nitrogens with zero attached hydrogens (tertiary/aromatic N) is 2. The van der Waals surface area contributed by atoms with Gasteiger partial charge in [-0.25, -0.2) is 4.79 Å². The fourth-order valence-corrected chi connectivity index (χ4v) is 3.30. The van der Waals surface area contributed by atoms with Crippen molar-refractivity contribution >= 4 is 11.7 Å². The van der Waals surface area contributed by atoms with Crippen LogP contribution in [-0.4, -0.2) is 22.6 Å². The molecule has 1 fully saturated rings. The second-order valence-electron chi connectivity index (χ2n) is 6.06. The maximum Gasteiger partial charge on any atom is 0.418 e. The van der Waals surface area contributed by atoms with Crippen LogP contribution in [0, 0.1) is 13.8 Å². The lowest BCUT2D eigenvalue weighted by Crippen LogP contribution is -2.35. The number of alkyl halides is 3. The first-order valence-electron chi connectivity index (χ1n) is 7.95. The van der Waals surface area contributed by atoms with Gasteiger partial charge in [0.05, 0.1) is 23.0 Å². The number of aryl methyl sites for hydroxylation is 2. The lowest BCUT2D eigenvalue weighted by molar-refractivity contribution is -0.136. The van der Waals surface area contributed by atoms with E-state index in [4.69, 9.17) is 4.52 Å². The first-order chi connectivity index (χ1) is 11.8. The van der Waals surface area contributed by atoms with E-state index in [1.165, 1.54) is 18.2 Å². The van der Waals surface area contributed by atoms with Crippen LogP contribution in [0.3, 0.4) is 0 Å². The zero-order valence-corrected chi connectivity index (χ0v) is 13.9. The molecule has 1 aromatic heterocycles. The summed E-state index contributed by atoms with van der Waals surface area (Å²) in [6, 6.07) is 4.15. The molecular weight excluding hydrogens is 335 g/mol. The number of benzene rings is 1. The minimum atomic E-state index is -4.53. The average Bonchev–Trinajstić information content (AvgIpc) is 3.13. The van der Waals surface area contributed by atoms with E-state index in [1.807, 2.05) is 0 Å². The average molecular weight is 353 g/mol. The van der Waals surface area contributed by atoms with Crippen LogP contribution in [0.15, 0.2) is 28.8 Å². The Labute approximate surface area is 142 Å². The highest BCUT2D eigenvalue weighted by atomic mass is 19.4. The Kier molecular flexibility index (Phi) is 4.45. The van der Waals surface area contributed by atoms with Crippen LogP contribution >= 0.6 is 0 Å². The van der Waals surface area contributed by atoms with Crippen molar-refractivity contribution in [2.45, 2.75) is 38.9 Å². The summed E-state index contributed by atoms with van der Waals surface area (Å²) in [5.41, 5.74) is 0.412. The van der Waals surface area contributed by atoms with Crippen LogP contribution in [0.5, 0.6) is 0 Å². The lowest BCUT2D eigenvalue weighted by Gasteiger charge is -2.25. The minimum absolute atomic E-state index is 0.246. The fraction of sp³-hybridized carbons (Fsp3) is 0.412. The number of halogens is 3. The largest absolute Gasteiger partial charge is 0.418 e. The number of aromatic nitrogens is 1. The predicted octanol–water partition coefficient (Wildman–Crippen LogP) is 4.68. The van der Waals surface area contributed by atoms with Crippen LogP contribution in [0.2, 0.25) is 0 Å². The third-order valence-electron chi connectivity index (χ3n) is 4.41. The topological polar surface area (TPSA) is 58.4 Å². The first-order valence-corrected chi connectivity index (χ1v) is 7.95. The number of para-hydroxylation sites is 1. The van der Waals surface area contributed by atoms with E-state index in [9.17, 15) is 18.0 Å². The van der Waals surface area contributed by atoms with Crippen LogP contribution in [-0.2, 0) is 6.18 Å². The van der Waals surface area contributed by atoms with Crippen LogP contribution < -0.4 is 5.32 Å². The van der Waals surface area contributed by atoms with Crippen LogP contribution in [0.4, 0.5) is 23.7 Å². The number of hydrogen-bond acceptors (Lipinski definition) is 3. The molecule has 2 amide bonds. The van der Waals surface area contributed by atoms with Crippen molar-refractivity contribution in [2.75, 3.05) is 11.9 Å². The molecule has 3 rings (SSSR count). The number of nitrogens with one attached hydrogen (secondary N) is 1. The highest BCUT2D eigenvalue weighted by molar-refractivity contribution is 5.90. The van der Waals surface area contributed by atoms with Gasteiger partial charge in [0.1, 0.15) is 5.76 Å². The van der Waals surface area contributed by atoms with E-state index in [-0.39, 0.29) is 11.7 Å². The number of hydrogen-bond donors (Lipinski definition) is 1. The molecule has 1 aliphatic heterocycles. The van der Waals surface area contributed by atoms with Gasteiger partial charge in [0.25, 0.3) is 0 Å². The van der Waals surface area contributed by atoms with Crippen molar-refractivity contribution in [1.82, 2.24) is 10.1 Å². The zero-order chi connectivity index (χ0) is 18.2. The number of carbonyl (C=O) groups excluding carboxylic acids is 1. The molecule has 1 saturated heterocycles. The van der Waals surface area contributed by atoms with E-state index < -0.39 is 17.8 Å². The van der Waals surface area contributed by atoms with Crippen molar-refractivity contribution in [3.8, 4) is 0 Å². The number of likely N-dealkylation sites (tertiary alicyclic amines) is 1. The Morgan fingerprint density at radius 2 is 2.04 bits per heavy atom. The van der Waals surface area contributed by atoms with E-state index in [2.05, 4.69) is 10.5 Å². The van der Waals surface area contributed by atoms with Crippen LogP contribution in [0.1, 0.15) is 41.5 Å². The molecule has 1 aliphatic rings. The second kappa shape index (κ2) is 6.42. The van der Waals surface area contributed by atoms with E-state index in [0.717, 1.165) is 24.5 Å². The van der Waals surface area contributed by atoms with Gasteiger partial charge in [0.15, 0.2) is 0 Å².